The molecule has 2 rings (SSSR count). The number of thiophene rings is 1. The molecule has 3 N–H and O–H groups in total. The van der Waals surface area contributed by atoms with Gasteiger partial charge in [0.2, 0.25) is 0 Å². The molecule has 0 saturated heterocycles. The molecule has 0 aromatic carbocycles. The summed E-state index contributed by atoms with van der Waals surface area (Å²) in [6.45, 7) is 3.62. The lowest BCUT2D eigenvalue weighted by Crippen LogP contribution is -2.25. The summed E-state index contributed by atoms with van der Waals surface area (Å²) in [4.78, 5) is 13.2. The number of carbonyl (C=O) groups excluding carboxylic acids is 1. The highest BCUT2D eigenvalue weighted by molar-refractivity contribution is 7.10. The van der Waals surface area contributed by atoms with Crippen molar-refractivity contribution in [3.8, 4) is 11.8 Å². The second-order valence-corrected chi connectivity index (χ2v) is 5.13. The predicted molar refractivity (Wildman–Crippen MR) is 81.5 cm³/mol. The fraction of sp³-hybridized carbons (Fsp3) is 0.267. The van der Waals surface area contributed by atoms with Crippen molar-refractivity contribution in [2.75, 3.05) is 6.54 Å². The molecule has 0 bridgehead atoms. The molecule has 0 atom stereocenters. The maximum Gasteiger partial charge on any atom is 0.268 e. The van der Waals surface area contributed by atoms with Gasteiger partial charge in [-0.25, -0.2) is 0 Å². The number of amides is 1. The van der Waals surface area contributed by atoms with E-state index in [0.717, 1.165) is 17.0 Å². The third-order valence-corrected chi connectivity index (χ3v) is 3.80. The van der Waals surface area contributed by atoms with Crippen molar-refractivity contribution in [2.45, 2.75) is 20.0 Å². The number of aryl methyl sites for hydroxylation is 1. The van der Waals surface area contributed by atoms with Crippen LogP contribution in [0.1, 0.15) is 27.9 Å². The minimum atomic E-state index is -0.0667. The topological polar surface area (TPSA) is 60.0 Å². The first-order valence-electron chi connectivity index (χ1n) is 6.45. The molecule has 104 valence electrons. The number of nitrogens with zero attached hydrogens (tertiary/aromatic N) is 1. The summed E-state index contributed by atoms with van der Waals surface area (Å²) in [6, 6.07) is 5.65. The highest BCUT2D eigenvalue weighted by Gasteiger charge is 2.10. The van der Waals surface area contributed by atoms with Crippen LogP contribution < -0.4 is 11.1 Å². The Hall–Kier alpha value is -2.03. The Kier molecular flexibility index (Phi) is 4.99. The van der Waals surface area contributed by atoms with Crippen molar-refractivity contribution in [1.82, 2.24) is 9.88 Å². The Bertz CT molecular complexity index is 645. The zero-order chi connectivity index (χ0) is 14.4. The van der Waals surface area contributed by atoms with Gasteiger partial charge in [0.1, 0.15) is 5.69 Å². The molecule has 2 aromatic rings. The molecule has 0 spiro atoms. The molecule has 20 heavy (non-hydrogen) atoms. The number of aromatic nitrogens is 1. The predicted octanol–water partition coefficient (Wildman–Crippen LogP) is 1.81. The van der Waals surface area contributed by atoms with E-state index < -0.39 is 0 Å². The van der Waals surface area contributed by atoms with Crippen LogP contribution in [0.3, 0.4) is 0 Å². The maximum absolute atomic E-state index is 12.1. The molecule has 5 heteroatoms. The van der Waals surface area contributed by atoms with E-state index in [-0.39, 0.29) is 5.91 Å². The van der Waals surface area contributed by atoms with Gasteiger partial charge in [-0.15, -0.1) is 11.3 Å². The van der Waals surface area contributed by atoms with E-state index >= 15 is 0 Å². The molecule has 1 amide bonds. The summed E-state index contributed by atoms with van der Waals surface area (Å²) >= 11 is 1.58. The summed E-state index contributed by atoms with van der Waals surface area (Å²) in [5.41, 5.74) is 6.99. The largest absolute Gasteiger partial charge is 0.346 e. The first-order valence-corrected chi connectivity index (χ1v) is 7.33. The van der Waals surface area contributed by atoms with Gasteiger partial charge >= 0.3 is 0 Å². The Balaban J connectivity index is 2.02. The van der Waals surface area contributed by atoms with E-state index in [1.165, 1.54) is 0 Å². The van der Waals surface area contributed by atoms with E-state index in [9.17, 15) is 4.79 Å². The van der Waals surface area contributed by atoms with Gasteiger partial charge in [-0.2, -0.15) is 0 Å². The number of rotatable bonds is 4. The van der Waals surface area contributed by atoms with Gasteiger partial charge in [0.05, 0.1) is 13.1 Å². The van der Waals surface area contributed by atoms with Gasteiger partial charge in [0.25, 0.3) is 5.91 Å². The quantitative estimate of drug-likeness (QED) is 0.843. The fourth-order valence-electron chi connectivity index (χ4n) is 1.88. The zero-order valence-corrected chi connectivity index (χ0v) is 12.2. The van der Waals surface area contributed by atoms with E-state index in [0.29, 0.717) is 18.8 Å². The SMILES string of the molecule is CCn1cccc1C(=O)NCc1sccc1C#CCN. The summed E-state index contributed by atoms with van der Waals surface area (Å²) in [6.07, 6.45) is 1.90. The average Bonchev–Trinajstić information content (AvgIpc) is 3.10. The van der Waals surface area contributed by atoms with Gasteiger partial charge in [-0.1, -0.05) is 11.8 Å². The van der Waals surface area contributed by atoms with Gasteiger partial charge in [-0.3, -0.25) is 4.79 Å². The van der Waals surface area contributed by atoms with E-state index in [1.807, 2.05) is 41.3 Å². The van der Waals surface area contributed by atoms with Crippen molar-refractivity contribution in [2.24, 2.45) is 5.73 Å². The van der Waals surface area contributed by atoms with Crippen molar-refractivity contribution in [3.63, 3.8) is 0 Å². The molecular weight excluding hydrogens is 270 g/mol. The molecule has 0 aliphatic carbocycles. The first-order chi connectivity index (χ1) is 9.76. The number of carbonyl (C=O) groups is 1. The van der Waals surface area contributed by atoms with E-state index in [4.69, 9.17) is 5.73 Å². The molecule has 4 nitrogen and oxygen atoms in total. The minimum absolute atomic E-state index is 0.0667. The van der Waals surface area contributed by atoms with Crippen LogP contribution in [0, 0.1) is 11.8 Å². The molecule has 2 aromatic heterocycles. The van der Waals surface area contributed by atoms with Crippen LogP contribution in [-0.4, -0.2) is 17.0 Å². The Morgan fingerprint density at radius 1 is 1.50 bits per heavy atom. The van der Waals surface area contributed by atoms with Crippen LogP contribution in [-0.2, 0) is 13.1 Å². The zero-order valence-electron chi connectivity index (χ0n) is 11.3. The van der Waals surface area contributed by atoms with E-state index in [1.54, 1.807) is 11.3 Å². The van der Waals surface area contributed by atoms with Crippen LogP contribution in [0.15, 0.2) is 29.8 Å². The highest BCUT2D eigenvalue weighted by Crippen LogP contribution is 2.15. The minimum Gasteiger partial charge on any atom is -0.346 e. The third-order valence-electron chi connectivity index (χ3n) is 2.88. The number of hydrogen-bond acceptors (Lipinski definition) is 3. The number of hydrogen-bond donors (Lipinski definition) is 2. The second kappa shape index (κ2) is 6.94. The van der Waals surface area contributed by atoms with Gasteiger partial charge in [-0.05, 0) is 30.5 Å². The lowest BCUT2D eigenvalue weighted by atomic mass is 10.2. The Labute approximate surface area is 122 Å². The highest BCUT2D eigenvalue weighted by atomic mass is 32.1. The Morgan fingerprint density at radius 3 is 3.10 bits per heavy atom. The van der Waals surface area contributed by atoms with Crippen LogP contribution in [0.5, 0.6) is 0 Å². The van der Waals surface area contributed by atoms with Gasteiger partial charge in [0.15, 0.2) is 0 Å². The van der Waals surface area contributed by atoms with Gasteiger partial charge < -0.3 is 15.6 Å². The molecule has 0 aliphatic rings. The summed E-state index contributed by atoms with van der Waals surface area (Å²) in [5.74, 6) is 5.78. The van der Waals surface area contributed by atoms with E-state index in [2.05, 4.69) is 17.2 Å². The summed E-state index contributed by atoms with van der Waals surface area (Å²) in [7, 11) is 0. The molecule has 0 radical (unpaired) electrons. The molecule has 0 saturated carbocycles. The molecular formula is C15H17N3OS. The molecule has 0 unspecified atom stereocenters. The van der Waals surface area contributed by atoms with Crippen molar-refractivity contribution in [3.05, 3.63) is 45.9 Å². The lowest BCUT2D eigenvalue weighted by molar-refractivity contribution is 0.0942. The van der Waals surface area contributed by atoms with Crippen LogP contribution in [0.25, 0.3) is 0 Å². The maximum atomic E-state index is 12.1. The van der Waals surface area contributed by atoms with Crippen molar-refractivity contribution < 1.29 is 4.79 Å². The number of nitrogens with two attached hydrogens (primary N) is 1. The fourth-order valence-corrected chi connectivity index (χ4v) is 2.65. The molecule has 0 fully saturated rings. The monoisotopic (exact) mass is 287 g/mol. The summed E-state index contributed by atoms with van der Waals surface area (Å²) in [5, 5.41) is 4.90. The van der Waals surface area contributed by atoms with Crippen LogP contribution >= 0.6 is 11.3 Å². The van der Waals surface area contributed by atoms with Crippen molar-refractivity contribution >= 4 is 17.2 Å². The first kappa shape index (κ1) is 14.4. The average molecular weight is 287 g/mol. The Morgan fingerprint density at radius 2 is 2.35 bits per heavy atom. The summed E-state index contributed by atoms with van der Waals surface area (Å²) < 4.78 is 1.92. The van der Waals surface area contributed by atoms with Crippen molar-refractivity contribution in [1.29, 1.82) is 0 Å². The normalized spacial score (nSPS) is 9.90. The lowest BCUT2D eigenvalue weighted by Gasteiger charge is -2.07. The van der Waals surface area contributed by atoms with Crippen LogP contribution in [0.4, 0.5) is 0 Å². The smallest absolute Gasteiger partial charge is 0.268 e. The third kappa shape index (κ3) is 3.29. The van der Waals surface area contributed by atoms with Crippen LogP contribution in [0.2, 0.25) is 0 Å². The standard InChI is InChI=1S/C15H17N3OS/c1-2-18-9-4-6-13(18)15(19)17-11-14-12(5-3-8-16)7-10-20-14/h4,6-7,9-10H,2,8,11,16H2,1H3,(H,17,19). The second-order valence-electron chi connectivity index (χ2n) is 4.13. The molecule has 0 aliphatic heterocycles. The van der Waals surface area contributed by atoms with Gasteiger partial charge in [0, 0.05) is 23.2 Å². The number of nitrogens with one attached hydrogen (secondary N) is 1. The molecule has 2 heterocycles.